The molecule has 2 aliphatic heterocycles. The van der Waals surface area contributed by atoms with Crippen molar-refractivity contribution in [3.63, 3.8) is 0 Å². The number of nitrogens with one attached hydrogen (secondary N) is 1. The van der Waals surface area contributed by atoms with E-state index < -0.39 is 16.9 Å². The zero-order chi connectivity index (χ0) is 16.9. The second kappa shape index (κ2) is 5.51. The van der Waals surface area contributed by atoms with Crippen molar-refractivity contribution in [3.8, 4) is 0 Å². The van der Waals surface area contributed by atoms with Crippen LogP contribution >= 0.6 is 11.8 Å². The molecule has 1 N–H and O–H groups in total. The third kappa shape index (κ3) is 2.38. The number of fused-ring (bicyclic) bond motifs is 3. The molecule has 1 saturated heterocycles. The Morgan fingerprint density at radius 3 is 2.88 bits per heavy atom. The van der Waals surface area contributed by atoms with Gasteiger partial charge in [-0.15, -0.1) is 0 Å². The molecule has 24 heavy (non-hydrogen) atoms. The summed E-state index contributed by atoms with van der Waals surface area (Å²) in [5.74, 6) is -0.883. The Labute approximate surface area is 143 Å². The highest BCUT2D eigenvalue weighted by atomic mass is 32.2. The Kier molecular flexibility index (Phi) is 3.56. The van der Waals surface area contributed by atoms with Crippen LogP contribution in [0.4, 0.5) is 5.69 Å². The van der Waals surface area contributed by atoms with Gasteiger partial charge in [0.2, 0.25) is 5.91 Å². The minimum atomic E-state index is -1.07. The number of hydrogen-bond donors (Lipinski definition) is 1. The number of thioether (sulfide) groups is 1. The van der Waals surface area contributed by atoms with Gasteiger partial charge in [-0.2, -0.15) is 0 Å². The van der Waals surface area contributed by atoms with Gasteiger partial charge in [-0.1, -0.05) is 23.9 Å². The van der Waals surface area contributed by atoms with Crippen LogP contribution in [0, 0.1) is 0 Å². The third-order valence-electron chi connectivity index (χ3n) is 4.57. The molecule has 1 aliphatic carbocycles. The number of esters is 1. The van der Waals surface area contributed by atoms with Crippen molar-refractivity contribution in [2.24, 2.45) is 0 Å². The highest BCUT2D eigenvalue weighted by molar-refractivity contribution is 8.02. The van der Waals surface area contributed by atoms with Gasteiger partial charge in [0.15, 0.2) is 11.0 Å². The first kappa shape index (κ1) is 15.5. The molecule has 126 valence electrons. The van der Waals surface area contributed by atoms with Crippen LogP contribution in [0.25, 0.3) is 0 Å². The summed E-state index contributed by atoms with van der Waals surface area (Å²) >= 11 is 1.34. The molecular formula is C17H18N2O4S. The molecule has 2 heterocycles. The summed E-state index contributed by atoms with van der Waals surface area (Å²) in [5.41, 5.74) is 0.747. The number of anilines is 1. The van der Waals surface area contributed by atoms with Gasteiger partial charge in [-0.25, -0.2) is 4.79 Å². The Morgan fingerprint density at radius 2 is 2.12 bits per heavy atom. The van der Waals surface area contributed by atoms with Crippen LogP contribution < -0.4 is 10.2 Å². The van der Waals surface area contributed by atoms with Crippen molar-refractivity contribution in [2.75, 3.05) is 4.90 Å². The van der Waals surface area contributed by atoms with Gasteiger partial charge in [0.25, 0.3) is 5.91 Å². The second-order valence-electron chi connectivity index (χ2n) is 6.41. The first-order valence-electron chi connectivity index (χ1n) is 8.14. The van der Waals surface area contributed by atoms with Crippen molar-refractivity contribution in [1.29, 1.82) is 0 Å². The molecule has 2 unspecified atom stereocenters. The largest absolute Gasteiger partial charge is 0.450 e. The van der Waals surface area contributed by atoms with E-state index >= 15 is 0 Å². The second-order valence-corrected chi connectivity index (χ2v) is 7.73. The van der Waals surface area contributed by atoms with E-state index in [0.717, 1.165) is 23.4 Å². The first-order valence-corrected chi connectivity index (χ1v) is 8.95. The summed E-state index contributed by atoms with van der Waals surface area (Å²) in [6.45, 7) is 1.57. The topological polar surface area (TPSA) is 75.7 Å². The van der Waals surface area contributed by atoms with E-state index in [-0.39, 0.29) is 17.9 Å². The summed E-state index contributed by atoms with van der Waals surface area (Å²) in [5, 5.41) is 2.83. The lowest BCUT2D eigenvalue weighted by Crippen LogP contribution is -2.50. The normalized spacial score (nSPS) is 25.9. The van der Waals surface area contributed by atoms with E-state index in [2.05, 4.69) is 5.32 Å². The van der Waals surface area contributed by atoms with Crippen LogP contribution in [0.1, 0.15) is 32.6 Å². The lowest BCUT2D eigenvalue weighted by Gasteiger charge is -2.29. The van der Waals surface area contributed by atoms with E-state index in [4.69, 9.17) is 4.74 Å². The predicted molar refractivity (Wildman–Crippen MR) is 88.5 cm³/mol. The SMILES string of the molecule is CC(OC(=O)C12CCC(=O)N1c1ccccc1S2)C(=O)NC1CC1. The zero-order valence-electron chi connectivity index (χ0n) is 13.3. The van der Waals surface area contributed by atoms with Crippen molar-refractivity contribution < 1.29 is 19.1 Å². The van der Waals surface area contributed by atoms with Crippen molar-refractivity contribution >= 4 is 35.2 Å². The number of ether oxygens (including phenoxy) is 1. The molecule has 1 aromatic carbocycles. The predicted octanol–water partition coefficient (Wildman–Crippen LogP) is 1.83. The monoisotopic (exact) mass is 346 g/mol. The summed E-state index contributed by atoms with van der Waals surface area (Å²) in [4.78, 5) is 38.6. The van der Waals surface area contributed by atoms with Crippen LogP contribution in [0.5, 0.6) is 0 Å². The maximum absolute atomic E-state index is 12.9. The van der Waals surface area contributed by atoms with Gasteiger partial charge < -0.3 is 10.1 Å². The fourth-order valence-electron chi connectivity index (χ4n) is 3.12. The van der Waals surface area contributed by atoms with E-state index in [9.17, 15) is 14.4 Å². The standard InChI is InChI=1S/C17H18N2O4S/c1-10(15(21)18-11-6-7-11)23-16(22)17-9-8-14(20)19(17)12-4-2-3-5-13(12)24-17/h2-5,10-11H,6-9H2,1H3,(H,18,21). The minimum Gasteiger partial charge on any atom is -0.450 e. The van der Waals surface area contributed by atoms with Crippen LogP contribution in [-0.2, 0) is 19.1 Å². The number of carbonyl (C=O) groups is 3. The fourth-order valence-corrected chi connectivity index (χ4v) is 4.53. The number of hydrogen-bond acceptors (Lipinski definition) is 5. The van der Waals surface area contributed by atoms with Gasteiger partial charge in [0, 0.05) is 23.8 Å². The van der Waals surface area contributed by atoms with Crippen molar-refractivity contribution in [3.05, 3.63) is 24.3 Å². The Morgan fingerprint density at radius 1 is 1.38 bits per heavy atom. The summed E-state index contributed by atoms with van der Waals surface area (Å²) in [6, 6.07) is 7.67. The summed E-state index contributed by atoms with van der Waals surface area (Å²) in [7, 11) is 0. The molecule has 2 fully saturated rings. The smallest absolute Gasteiger partial charge is 0.344 e. The van der Waals surface area contributed by atoms with Crippen LogP contribution in [0.15, 0.2) is 29.2 Å². The molecule has 0 radical (unpaired) electrons. The summed E-state index contributed by atoms with van der Waals surface area (Å²) < 4.78 is 5.44. The molecule has 1 aromatic rings. The molecule has 7 heteroatoms. The molecule has 1 saturated carbocycles. The van der Waals surface area contributed by atoms with E-state index in [1.54, 1.807) is 11.8 Å². The molecular weight excluding hydrogens is 328 g/mol. The summed E-state index contributed by atoms with van der Waals surface area (Å²) in [6.07, 6.45) is 1.78. The molecule has 0 aromatic heterocycles. The number of benzene rings is 1. The maximum Gasteiger partial charge on any atom is 0.344 e. The number of amides is 2. The molecule has 3 aliphatic rings. The first-order chi connectivity index (χ1) is 11.5. The Balaban J connectivity index is 1.55. The minimum absolute atomic E-state index is 0.0838. The lowest BCUT2D eigenvalue weighted by molar-refractivity contribution is -0.157. The molecule has 0 spiro atoms. The van der Waals surface area contributed by atoms with Gasteiger partial charge in [-0.3, -0.25) is 14.5 Å². The highest BCUT2D eigenvalue weighted by Gasteiger charge is 2.59. The number of rotatable bonds is 4. The maximum atomic E-state index is 12.9. The lowest BCUT2D eigenvalue weighted by atomic mass is 10.2. The fraction of sp³-hybridized carbons (Fsp3) is 0.471. The van der Waals surface area contributed by atoms with Gasteiger partial charge in [-0.05, 0) is 31.9 Å². The molecule has 4 rings (SSSR count). The van der Waals surface area contributed by atoms with Gasteiger partial charge in [0.05, 0.1) is 5.69 Å². The Bertz CT molecular complexity index is 733. The van der Waals surface area contributed by atoms with Crippen molar-refractivity contribution in [1.82, 2.24) is 5.32 Å². The van der Waals surface area contributed by atoms with Crippen LogP contribution in [0.2, 0.25) is 0 Å². The van der Waals surface area contributed by atoms with Gasteiger partial charge >= 0.3 is 5.97 Å². The van der Waals surface area contributed by atoms with E-state index in [0.29, 0.717) is 12.8 Å². The number of para-hydroxylation sites is 1. The average molecular weight is 346 g/mol. The molecule has 2 atom stereocenters. The van der Waals surface area contributed by atoms with Crippen LogP contribution in [-0.4, -0.2) is 34.8 Å². The third-order valence-corrected chi connectivity index (χ3v) is 6.03. The average Bonchev–Trinajstić information content (AvgIpc) is 3.21. The molecule has 0 bridgehead atoms. The highest BCUT2D eigenvalue weighted by Crippen LogP contribution is 2.56. The van der Waals surface area contributed by atoms with Crippen LogP contribution in [0.3, 0.4) is 0 Å². The van der Waals surface area contributed by atoms with Gasteiger partial charge in [0.1, 0.15) is 0 Å². The number of carbonyl (C=O) groups excluding carboxylic acids is 3. The van der Waals surface area contributed by atoms with Crippen molar-refractivity contribution in [2.45, 2.75) is 54.5 Å². The molecule has 2 amide bonds. The molecule has 6 nitrogen and oxygen atoms in total. The quantitative estimate of drug-likeness (QED) is 0.842. The Hall–Kier alpha value is -2.02. The zero-order valence-corrected chi connectivity index (χ0v) is 14.1. The van der Waals surface area contributed by atoms with E-state index in [1.165, 1.54) is 11.8 Å². The number of nitrogens with zero attached hydrogens (tertiary/aromatic N) is 1. The van der Waals surface area contributed by atoms with E-state index in [1.807, 2.05) is 24.3 Å².